The van der Waals surface area contributed by atoms with E-state index in [2.05, 4.69) is 24.4 Å². The van der Waals surface area contributed by atoms with E-state index in [0.29, 0.717) is 6.04 Å². The fraction of sp³-hybridized carbons (Fsp3) is 0.500. The summed E-state index contributed by atoms with van der Waals surface area (Å²) >= 11 is 0. The molecule has 2 heteroatoms. The van der Waals surface area contributed by atoms with Gasteiger partial charge in [-0.15, -0.1) is 0 Å². The molecule has 14 heavy (non-hydrogen) atoms. The van der Waals surface area contributed by atoms with E-state index in [1.54, 1.807) is 7.11 Å². The molecule has 0 aliphatic heterocycles. The van der Waals surface area contributed by atoms with Gasteiger partial charge >= 0.3 is 0 Å². The Morgan fingerprint density at radius 2 is 2.07 bits per heavy atom. The largest absolute Gasteiger partial charge is 0.496 e. The first-order chi connectivity index (χ1) is 6.83. The third-order valence-electron chi connectivity index (χ3n) is 2.44. The SMILES string of the molecule is CCCC(NC)c1ccccc1OC. The minimum absolute atomic E-state index is 0.399. The monoisotopic (exact) mass is 193 g/mol. The van der Waals surface area contributed by atoms with Crippen molar-refractivity contribution >= 4 is 0 Å². The summed E-state index contributed by atoms with van der Waals surface area (Å²) in [6.45, 7) is 2.19. The summed E-state index contributed by atoms with van der Waals surface area (Å²) in [4.78, 5) is 0. The van der Waals surface area contributed by atoms with Gasteiger partial charge in [0.2, 0.25) is 0 Å². The van der Waals surface area contributed by atoms with Crippen LogP contribution >= 0.6 is 0 Å². The third kappa shape index (κ3) is 2.48. The van der Waals surface area contributed by atoms with Crippen LogP contribution in [0.25, 0.3) is 0 Å². The van der Waals surface area contributed by atoms with Gasteiger partial charge in [-0.1, -0.05) is 31.5 Å². The van der Waals surface area contributed by atoms with E-state index in [-0.39, 0.29) is 0 Å². The number of rotatable bonds is 5. The maximum Gasteiger partial charge on any atom is 0.123 e. The van der Waals surface area contributed by atoms with Gasteiger partial charge in [-0.2, -0.15) is 0 Å². The minimum Gasteiger partial charge on any atom is -0.496 e. The Morgan fingerprint density at radius 1 is 1.36 bits per heavy atom. The lowest BCUT2D eigenvalue weighted by atomic mass is 10.0. The summed E-state index contributed by atoms with van der Waals surface area (Å²) in [5.41, 5.74) is 1.25. The average Bonchev–Trinajstić information content (AvgIpc) is 2.26. The van der Waals surface area contributed by atoms with Crippen LogP contribution in [0.15, 0.2) is 24.3 Å². The number of hydrogen-bond donors (Lipinski definition) is 1. The summed E-state index contributed by atoms with van der Waals surface area (Å²) in [6.07, 6.45) is 2.31. The van der Waals surface area contributed by atoms with Crippen LogP contribution in [0.2, 0.25) is 0 Å². The van der Waals surface area contributed by atoms with Gasteiger partial charge in [0.15, 0.2) is 0 Å². The molecular formula is C12H19NO. The molecule has 1 aromatic carbocycles. The van der Waals surface area contributed by atoms with E-state index < -0.39 is 0 Å². The Labute approximate surface area is 86.3 Å². The molecule has 1 rings (SSSR count). The summed E-state index contributed by atoms with van der Waals surface area (Å²) in [7, 11) is 3.71. The molecule has 1 unspecified atom stereocenters. The zero-order valence-corrected chi connectivity index (χ0v) is 9.21. The highest BCUT2D eigenvalue weighted by Crippen LogP contribution is 2.27. The van der Waals surface area contributed by atoms with E-state index >= 15 is 0 Å². The molecule has 2 nitrogen and oxygen atoms in total. The summed E-state index contributed by atoms with van der Waals surface area (Å²) < 4.78 is 5.33. The van der Waals surface area contributed by atoms with Gasteiger partial charge in [0.25, 0.3) is 0 Å². The number of hydrogen-bond acceptors (Lipinski definition) is 2. The summed E-state index contributed by atoms with van der Waals surface area (Å²) in [6, 6.07) is 8.58. The molecule has 0 heterocycles. The molecule has 0 fully saturated rings. The number of nitrogens with one attached hydrogen (secondary N) is 1. The third-order valence-corrected chi connectivity index (χ3v) is 2.44. The molecule has 0 aromatic heterocycles. The molecule has 0 aliphatic rings. The predicted octanol–water partition coefficient (Wildman–Crippen LogP) is 2.76. The second-order valence-corrected chi connectivity index (χ2v) is 3.37. The van der Waals surface area contributed by atoms with Crippen molar-refractivity contribution in [1.29, 1.82) is 0 Å². The molecule has 1 aromatic rings. The van der Waals surface area contributed by atoms with Gasteiger partial charge in [0.1, 0.15) is 5.75 Å². The lowest BCUT2D eigenvalue weighted by molar-refractivity contribution is 0.398. The van der Waals surface area contributed by atoms with Crippen molar-refractivity contribution in [1.82, 2.24) is 5.32 Å². The minimum atomic E-state index is 0.399. The predicted molar refractivity (Wildman–Crippen MR) is 59.7 cm³/mol. The molecule has 1 atom stereocenters. The zero-order valence-electron chi connectivity index (χ0n) is 9.21. The number of benzene rings is 1. The molecular weight excluding hydrogens is 174 g/mol. The van der Waals surface area contributed by atoms with Crippen molar-refractivity contribution in [2.45, 2.75) is 25.8 Å². The maximum absolute atomic E-state index is 5.33. The first kappa shape index (κ1) is 11.1. The Balaban J connectivity index is 2.90. The van der Waals surface area contributed by atoms with Crippen LogP contribution < -0.4 is 10.1 Å². The first-order valence-corrected chi connectivity index (χ1v) is 5.13. The Kier molecular flexibility index (Phi) is 4.47. The second-order valence-electron chi connectivity index (χ2n) is 3.37. The van der Waals surface area contributed by atoms with Gasteiger partial charge in [0, 0.05) is 11.6 Å². The molecule has 0 aliphatic carbocycles. The zero-order chi connectivity index (χ0) is 10.4. The second kappa shape index (κ2) is 5.66. The highest BCUT2D eigenvalue weighted by molar-refractivity contribution is 5.35. The quantitative estimate of drug-likeness (QED) is 0.776. The fourth-order valence-corrected chi connectivity index (χ4v) is 1.70. The van der Waals surface area contributed by atoms with Crippen LogP contribution in [0.1, 0.15) is 31.4 Å². The standard InChI is InChI=1S/C12H19NO/c1-4-7-11(13-2)10-8-5-6-9-12(10)14-3/h5-6,8-9,11,13H,4,7H2,1-3H3. The molecule has 78 valence electrons. The van der Waals surface area contributed by atoms with E-state index in [0.717, 1.165) is 12.2 Å². The van der Waals surface area contributed by atoms with Gasteiger partial charge in [-0.3, -0.25) is 0 Å². The van der Waals surface area contributed by atoms with Crippen LogP contribution in [-0.2, 0) is 0 Å². The van der Waals surface area contributed by atoms with E-state index in [4.69, 9.17) is 4.74 Å². The van der Waals surface area contributed by atoms with E-state index in [1.807, 2.05) is 19.2 Å². The van der Waals surface area contributed by atoms with E-state index in [1.165, 1.54) is 12.0 Å². The number of methoxy groups -OCH3 is 1. The fourth-order valence-electron chi connectivity index (χ4n) is 1.70. The van der Waals surface area contributed by atoms with Gasteiger partial charge < -0.3 is 10.1 Å². The lowest BCUT2D eigenvalue weighted by Crippen LogP contribution is -2.16. The molecule has 0 saturated heterocycles. The molecule has 0 saturated carbocycles. The highest BCUT2D eigenvalue weighted by Gasteiger charge is 2.11. The van der Waals surface area contributed by atoms with E-state index in [9.17, 15) is 0 Å². The van der Waals surface area contributed by atoms with Crippen molar-refractivity contribution in [3.8, 4) is 5.75 Å². The number of ether oxygens (including phenoxy) is 1. The smallest absolute Gasteiger partial charge is 0.123 e. The molecule has 0 amide bonds. The molecule has 0 radical (unpaired) electrons. The number of para-hydroxylation sites is 1. The first-order valence-electron chi connectivity index (χ1n) is 5.13. The van der Waals surface area contributed by atoms with Crippen LogP contribution in [-0.4, -0.2) is 14.2 Å². The lowest BCUT2D eigenvalue weighted by Gasteiger charge is -2.18. The summed E-state index contributed by atoms with van der Waals surface area (Å²) in [5.74, 6) is 0.973. The van der Waals surface area contributed by atoms with Crippen LogP contribution in [0, 0.1) is 0 Å². The van der Waals surface area contributed by atoms with Crippen molar-refractivity contribution < 1.29 is 4.74 Å². The Bertz CT molecular complexity index is 273. The maximum atomic E-state index is 5.33. The van der Waals surface area contributed by atoms with Crippen LogP contribution in [0.4, 0.5) is 0 Å². The molecule has 0 bridgehead atoms. The van der Waals surface area contributed by atoms with Crippen molar-refractivity contribution in [2.24, 2.45) is 0 Å². The Hall–Kier alpha value is -1.02. The van der Waals surface area contributed by atoms with Gasteiger partial charge in [0.05, 0.1) is 7.11 Å². The molecule has 0 spiro atoms. The van der Waals surface area contributed by atoms with Crippen LogP contribution in [0.3, 0.4) is 0 Å². The van der Waals surface area contributed by atoms with Gasteiger partial charge in [-0.05, 0) is 19.5 Å². The van der Waals surface area contributed by atoms with Crippen molar-refractivity contribution in [2.75, 3.05) is 14.2 Å². The topological polar surface area (TPSA) is 21.3 Å². The average molecular weight is 193 g/mol. The van der Waals surface area contributed by atoms with Crippen LogP contribution in [0.5, 0.6) is 5.75 Å². The van der Waals surface area contributed by atoms with Crippen molar-refractivity contribution in [3.05, 3.63) is 29.8 Å². The van der Waals surface area contributed by atoms with Gasteiger partial charge in [-0.25, -0.2) is 0 Å². The highest BCUT2D eigenvalue weighted by atomic mass is 16.5. The molecule has 1 N–H and O–H groups in total. The summed E-state index contributed by atoms with van der Waals surface area (Å²) in [5, 5.41) is 3.31. The normalized spacial score (nSPS) is 12.5. The van der Waals surface area contributed by atoms with Crippen molar-refractivity contribution in [3.63, 3.8) is 0 Å². The Morgan fingerprint density at radius 3 is 2.64 bits per heavy atom.